The molecule has 0 saturated carbocycles. The normalized spacial score (nSPS) is 23.8. The molecule has 0 bridgehead atoms. The molecule has 20 heavy (non-hydrogen) atoms. The Bertz CT molecular complexity index is 466. The lowest BCUT2D eigenvalue weighted by Gasteiger charge is -2.35. The van der Waals surface area contributed by atoms with Gasteiger partial charge in [-0.1, -0.05) is 12.1 Å². The molecule has 2 atom stereocenters. The molecule has 0 radical (unpaired) electrons. The SMILES string of the molecule is CC1CN(CCC(=O)c2cccc(F)c2)CC(CO)O1. The summed E-state index contributed by atoms with van der Waals surface area (Å²) >= 11 is 0. The van der Waals surface area contributed by atoms with E-state index in [1.165, 1.54) is 12.1 Å². The van der Waals surface area contributed by atoms with Crippen molar-refractivity contribution in [1.29, 1.82) is 0 Å². The van der Waals surface area contributed by atoms with Gasteiger partial charge in [-0.2, -0.15) is 0 Å². The summed E-state index contributed by atoms with van der Waals surface area (Å²) in [5.41, 5.74) is 0.407. The lowest BCUT2D eigenvalue weighted by atomic mass is 10.1. The zero-order chi connectivity index (χ0) is 14.5. The fourth-order valence-corrected chi connectivity index (χ4v) is 2.49. The van der Waals surface area contributed by atoms with E-state index in [-0.39, 0.29) is 24.6 Å². The van der Waals surface area contributed by atoms with Crippen molar-refractivity contribution in [2.45, 2.75) is 25.6 Å². The highest BCUT2D eigenvalue weighted by atomic mass is 19.1. The van der Waals surface area contributed by atoms with Crippen LogP contribution >= 0.6 is 0 Å². The van der Waals surface area contributed by atoms with Crippen LogP contribution in [-0.4, -0.2) is 54.2 Å². The summed E-state index contributed by atoms with van der Waals surface area (Å²) in [4.78, 5) is 14.1. The van der Waals surface area contributed by atoms with Gasteiger partial charge in [0.05, 0.1) is 18.8 Å². The molecular weight excluding hydrogens is 261 g/mol. The molecule has 1 aromatic carbocycles. The lowest BCUT2D eigenvalue weighted by molar-refractivity contribution is -0.0947. The van der Waals surface area contributed by atoms with Gasteiger partial charge in [-0.15, -0.1) is 0 Å². The first kappa shape index (κ1) is 15.1. The molecule has 1 fully saturated rings. The van der Waals surface area contributed by atoms with Crippen molar-refractivity contribution in [1.82, 2.24) is 4.90 Å². The minimum absolute atomic E-state index is 0.0152. The highest BCUT2D eigenvalue weighted by Gasteiger charge is 2.24. The number of carbonyl (C=O) groups is 1. The van der Waals surface area contributed by atoms with Gasteiger partial charge in [-0.05, 0) is 19.1 Å². The number of hydrogen-bond acceptors (Lipinski definition) is 4. The molecule has 1 N–H and O–H groups in total. The number of ether oxygens (including phenoxy) is 1. The number of aliphatic hydroxyl groups excluding tert-OH is 1. The van der Waals surface area contributed by atoms with Gasteiger partial charge in [0, 0.05) is 31.6 Å². The third-order valence-corrected chi connectivity index (χ3v) is 3.41. The zero-order valence-corrected chi connectivity index (χ0v) is 11.6. The van der Waals surface area contributed by atoms with Crippen molar-refractivity contribution in [2.75, 3.05) is 26.2 Å². The number of aliphatic hydroxyl groups is 1. The first-order valence-electron chi connectivity index (χ1n) is 6.86. The second kappa shape index (κ2) is 6.92. The van der Waals surface area contributed by atoms with Crippen LogP contribution in [0.1, 0.15) is 23.7 Å². The maximum Gasteiger partial charge on any atom is 0.164 e. The van der Waals surface area contributed by atoms with Gasteiger partial charge in [0.15, 0.2) is 5.78 Å². The van der Waals surface area contributed by atoms with Crippen molar-refractivity contribution in [3.8, 4) is 0 Å². The average Bonchev–Trinajstić information content (AvgIpc) is 2.44. The Hall–Kier alpha value is -1.30. The predicted octanol–water partition coefficient (Wildman–Crippen LogP) is 1.48. The molecule has 0 spiro atoms. The molecule has 110 valence electrons. The molecular formula is C15H20FNO3. The van der Waals surface area contributed by atoms with Crippen LogP contribution in [0.5, 0.6) is 0 Å². The molecule has 1 aliphatic heterocycles. The molecule has 5 heteroatoms. The number of Topliss-reactive ketones (excluding diaryl/α,β-unsaturated/α-hetero) is 1. The Balaban J connectivity index is 1.87. The van der Waals surface area contributed by atoms with Crippen LogP contribution in [0.3, 0.4) is 0 Å². The minimum atomic E-state index is -0.392. The van der Waals surface area contributed by atoms with Crippen LogP contribution in [0, 0.1) is 5.82 Å². The summed E-state index contributed by atoms with van der Waals surface area (Å²) in [5.74, 6) is -0.458. The number of rotatable bonds is 5. The molecule has 1 heterocycles. The number of nitrogens with zero attached hydrogens (tertiary/aromatic N) is 1. The van der Waals surface area contributed by atoms with Crippen molar-refractivity contribution in [3.63, 3.8) is 0 Å². The van der Waals surface area contributed by atoms with E-state index in [0.717, 1.165) is 6.54 Å². The average molecular weight is 281 g/mol. The fourth-order valence-electron chi connectivity index (χ4n) is 2.49. The summed E-state index contributed by atoms with van der Waals surface area (Å²) in [7, 11) is 0. The summed E-state index contributed by atoms with van der Waals surface area (Å²) < 4.78 is 18.6. The van der Waals surface area contributed by atoms with E-state index in [1.54, 1.807) is 12.1 Å². The van der Waals surface area contributed by atoms with E-state index in [2.05, 4.69) is 4.90 Å². The van der Waals surface area contributed by atoms with E-state index in [0.29, 0.717) is 25.1 Å². The largest absolute Gasteiger partial charge is 0.394 e. The Labute approximate surface area is 118 Å². The number of ketones is 1. The Morgan fingerprint density at radius 3 is 3.00 bits per heavy atom. The van der Waals surface area contributed by atoms with E-state index >= 15 is 0 Å². The lowest BCUT2D eigenvalue weighted by Crippen LogP contribution is -2.48. The molecule has 0 aliphatic carbocycles. The van der Waals surface area contributed by atoms with Crippen molar-refractivity contribution in [3.05, 3.63) is 35.6 Å². The fraction of sp³-hybridized carbons (Fsp3) is 0.533. The van der Waals surface area contributed by atoms with Crippen LogP contribution in [0.25, 0.3) is 0 Å². The summed E-state index contributed by atoms with van der Waals surface area (Å²) in [6.07, 6.45) is 0.196. The molecule has 0 amide bonds. The quantitative estimate of drug-likeness (QED) is 0.831. The maximum absolute atomic E-state index is 13.1. The highest BCUT2D eigenvalue weighted by molar-refractivity contribution is 5.96. The first-order chi connectivity index (χ1) is 9.58. The second-order valence-electron chi connectivity index (χ2n) is 5.19. The smallest absolute Gasteiger partial charge is 0.164 e. The zero-order valence-electron chi connectivity index (χ0n) is 11.6. The molecule has 2 rings (SSSR count). The Morgan fingerprint density at radius 2 is 2.30 bits per heavy atom. The van der Waals surface area contributed by atoms with Gasteiger partial charge in [-0.25, -0.2) is 4.39 Å². The van der Waals surface area contributed by atoms with Gasteiger partial charge in [0.1, 0.15) is 5.82 Å². The molecule has 1 aliphatic rings. The molecule has 1 saturated heterocycles. The second-order valence-corrected chi connectivity index (χ2v) is 5.19. The van der Waals surface area contributed by atoms with Gasteiger partial charge < -0.3 is 9.84 Å². The predicted molar refractivity (Wildman–Crippen MR) is 73.2 cm³/mol. The monoisotopic (exact) mass is 281 g/mol. The number of benzene rings is 1. The third kappa shape index (κ3) is 4.10. The van der Waals surface area contributed by atoms with Crippen LogP contribution in [0.15, 0.2) is 24.3 Å². The summed E-state index contributed by atoms with van der Waals surface area (Å²) in [6, 6.07) is 5.76. The molecule has 2 unspecified atom stereocenters. The third-order valence-electron chi connectivity index (χ3n) is 3.41. The Morgan fingerprint density at radius 1 is 1.50 bits per heavy atom. The Kier molecular flexibility index (Phi) is 5.23. The summed E-state index contributed by atoms with van der Waals surface area (Å²) in [6.45, 7) is 3.89. The van der Waals surface area contributed by atoms with Gasteiger partial charge >= 0.3 is 0 Å². The number of halogens is 1. The standard InChI is InChI=1S/C15H20FNO3/c1-11-8-17(9-14(10-18)20-11)6-5-15(19)12-3-2-4-13(16)7-12/h2-4,7,11,14,18H,5-6,8-10H2,1H3. The number of hydrogen-bond donors (Lipinski definition) is 1. The van der Waals surface area contributed by atoms with Crippen LogP contribution < -0.4 is 0 Å². The molecule has 1 aromatic rings. The van der Waals surface area contributed by atoms with Gasteiger partial charge in [0.2, 0.25) is 0 Å². The van der Waals surface area contributed by atoms with Crippen LogP contribution in [0.2, 0.25) is 0 Å². The van der Waals surface area contributed by atoms with Crippen LogP contribution in [-0.2, 0) is 4.74 Å². The topological polar surface area (TPSA) is 49.8 Å². The highest BCUT2D eigenvalue weighted by Crippen LogP contribution is 2.12. The van der Waals surface area contributed by atoms with Crippen LogP contribution in [0.4, 0.5) is 4.39 Å². The van der Waals surface area contributed by atoms with E-state index in [9.17, 15) is 9.18 Å². The van der Waals surface area contributed by atoms with Gasteiger partial charge in [0.25, 0.3) is 0 Å². The minimum Gasteiger partial charge on any atom is -0.394 e. The number of carbonyl (C=O) groups excluding carboxylic acids is 1. The first-order valence-corrected chi connectivity index (χ1v) is 6.86. The maximum atomic E-state index is 13.1. The van der Waals surface area contributed by atoms with Crippen molar-refractivity contribution in [2.24, 2.45) is 0 Å². The van der Waals surface area contributed by atoms with Crippen molar-refractivity contribution >= 4 is 5.78 Å². The molecule has 4 nitrogen and oxygen atoms in total. The number of morpholine rings is 1. The van der Waals surface area contributed by atoms with E-state index in [4.69, 9.17) is 9.84 Å². The van der Waals surface area contributed by atoms with E-state index < -0.39 is 5.82 Å². The molecule has 0 aromatic heterocycles. The van der Waals surface area contributed by atoms with Gasteiger partial charge in [-0.3, -0.25) is 9.69 Å². The summed E-state index contributed by atoms with van der Waals surface area (Å²) in [5, 5.41) is 9.15. The van der Waals surface area contributed by atoms with Crippen molar-refractivity contribution < 1.29 is 19.0 Å². The van der Waals surface area contributed by atoms with E-state index in [1.807, 2.05) is 6.92 Å².